The summed E-state index contributed by atoms with van der Waals surface area (Å²) in [5.74, 6) is -0.500. The molecule has 0 aromatic heterocycles. The van der Waals surface area contributed by atoms with Gasteiger partial charge in [-0.3, -0.25) is 14.4 Å². The minimum Gasteiger partial charge on any atom is -0.469 e. The molecule has 2 N–H and O–H groups in total. The molecule has 174 valence electrons. The molecule has 1 rings (SSSR count). The van der Waals surface area contributed by atoms with Gasteiger partial charge in [-0.1, -0.05) is 82.2 Å². The van der Waals surface area contributed by atoms with Crippen molar-refractivity contribution in [3.63, 3.8) is 0 Å². The third-order valence-corrected chi connectivity index (χ3v) is 5.29. The van der Waals surface area contributed by atoms with Crippen molar-refractivity contribution in [2.45, 2.75) is 90.0 Å². The maximum Gasteiger partial charge on any atom is 0.305 e. The van der Waals surface area contributed by atoms with Gasteiger partial charge in [-0.05, 0) is 24.8 Å². The van der Waals surface area contributed by atoms with Crippen LogP contribution in [0.25, 0.3) is 0 Å². The number of carbonyl (C=O) groups is 3. The van der Waals surface area contributed by atoms with E-state index in [9.17, 15) is 14.4 Å². The number of esters is 1. The Labute approximate surface area is 187 Å². The van der Waals surface area contributed by atoms with E-state index in [4.69, 9.17) is 0 Å². The average molecular weight is 433 g/mol. The number of ether oxygens (including phenoxy) is 1. The van der Waals surface area contributed by atoms with Gasteiger partial charge in [0.25, 0.3) is 0 Å². The molecular weight excluding hydrogens is 392 g/mol. The normalized spacial score (nSPS) is 11.5. The molecule has 0 unspecified atom stereocenters. The molecule has 2 amide bonds. The van der Waals surface area contributed by atoms with Crippen LogP contribution in [0, 0.1) is 0 Å². The Hall–Kier alpha value is -2.37. The third-order valence-electron chi connectivity index (χ3n) is 5.29. The van der Waals surface area contributed by atoms with E-state index in [0.717, 1.165) is 44.1 Å². The molecule has 0 spiro atoms. The number of amides is 2. The lowest BCUT2D eigenvalue weighted by Gasteiger charge is -2.19. The molecular formula is C25H40N2O4. The summed E-state index contributed by atoms with van der Waals surface area (Å²) < 4.78 is 4.62. The quantitative estimate of drug-likeness (QED) is 0.273. The van der Waals surface area contributed by atoms with Crippen molar-refractivity contribution in [2.75, 3.05) is 13.7 Å². The van der Waals surface area contributed by atoms with Gasteiger partial charge >= 0.3 is 5.97 Å². The number of benzene rings is 1. The Morgan fingerprint density at radius 2 is 1.45 bits per heavy atom. The summed E-state index contributed by atoms with van der Waals surface area (Å²) in [6.45, 7) is 2.71. The fourth-order valence-corrected chi connectivity index (χ4v) is 3.41. The maximum atomic E-state index is 12.7. The number of unbranched alkanes of at least 4 members (excludes halogenated alkanes) is 8. The van der Waals surface area contributed by atoms with Gasteiger partial charge in [0.15, 0.2) is 0 Å². The Kier molecular flexibility index (Phi) is 14.9. The van der Waals surface area contributed by atoms with Crippen LogP contribution in [-0.4, -0.2) is 31.4 Å². The lowest BCUT2D eigenvalue weighted by Crippen LogP contribution is -2.40. The first-order chi connectivity index (χ1) is 15.1. The maximum absolute atomic E-state index is 12.7. The van der Waals surface area contributed by atoms with Crippen LogP contribution in [0.4, 0.5) is 0 Å². The van der Waals surface area contributed by atoms with Gasteiger partial charge in [-0.25, -0.2) is 0 Å². The standard InChI is InChI=1S/C25H40N2O4/c1-3-4-5-6-7-8-13-18-22(28)27-24(21-16-11-9-12-17-21)25(30)26-20-15-10-14-19-23(29)31-2/h9,11-12,16-17,24H,3-8,10,13-15,18-20H2,1-2H3,(H,26,30)(H,27,28)/t24-/m1/s1. The molecule has 1 atom stereocenters. The number of nitrogens with one attached hydrogen (secondary N) is 2. The van der Waals surface area contributed by atoms with Crippen molar-refractivity contribution in [1.82, 2.24) is 10.6 Å². The molecule has 0 aliphatic rings. The smallest absolute Gasteiger partial charge is 0.305 e. The number of hydrogen-bond acceptors (Lipinski definition) is 4. The van der Waals surface area contributed by atoms with Crippen LogP contribution in [0.5, 0.6) is 0 Å². The van der Waals surface area contributed by atoms with Crippen molar-refractivity contribution in [1.29, 1.82) is 0 Å². The Bertz CT molecular complexity index is 634. The molecule has 0 saturated carbocycles. The zero-order valence-corrected chi connectivity index (χ0v) is 19.3. The predicted octanol–water partition coefficient (Wildman–Crippen LogP) is 4.83. The van der Waals surface area contributed by atoms with E-state index in [1.54, 1.807) is 0 Å². The fraction of sp³-hybridized carbons (Fsp3) is 0.640. The van der Waals surface area contributed by atoms with Crippen LogP contribution in [0.1, 0.15) is 95.6 Å². The highest BCUT2D eigenvalue weighted by Crippen LogP contribution is 2.14. The number of hydrogen-bond donors (Lipinski definition) is 2. The largest absolute Gasteiger partial charge is 0.469 e. The van der Waals surface area contributed by atoms with Crippen LogP contribution in [-0.2, 0) is 19.1 Å². The molecule has 0 aliphatic heterocycles. The highest BCUT2D eigenvalue weighted by molar-refractivity contribution is 5.88. The summed E-state index contributed by atoms with van der Waals surface area (Å²) in [7, 11) is 1.38. The monoisotopic (exact) mass is 432 g/mol. The van der Waals surface area contributed by atoms with E-state index in [-0.39, 0.29) is 17.8 Å². The highest BCUT2D eigenvalue weighted by Gasteiger charge is 2.22. The van der Waals surface area contributed by atoms with Crippen LogP contribution < -0.4 is 10.6 Å². The van der Waals surface area contributed by atoms with Crippen molar-refractivity contribution in [2.24, 2.45) is 0 Å². The van der Waals surface area contributed by atoms with E-state index in [1.165, 1.54) is 32.8 Å². The molecule has 0 radical (unpaired) electrons. The van der Waals surface area contributed by atoms with Crippen LogP contribution in [0.2, 0.25) is 0 Å². The Morgan fingerprint density at radius 1 is 0.839 bits per heavy atom. The zero-order chi connectivity index (χ0) is 22.7. The van der Waals surface area contributed by atoms with Gasteiger partial charge in [0.05, 0.1) is 7.11 Å². The first-order valence-electron chi connectivity index (χ1n) is 11.8. The molecule has 6 nitrogen and oxygen atoms in total. The van der Waals surface area contributed by atoms with Crippen LogP contribution in [0.15, 0.2) is 30.3 Å². The summed E-state index contributed by atoms with van der Waals surface area (Å²) in [4.78, 5) is 36.3. The molecule has 0 aliphatic carbocycles. The SMILES string of the molecule is CCCCCCCCCC(=O)N[C@@H](C(=O)NCCCCCC(=O)OC)c1ccccc1. The number of methoxy groups -OCH3 is 1. The molecule has 31 heavy (non-hydrogen) atoms. The Morgan fingerprint density at radius 3 is 2.13 bits per heavy atom. The van der Waals surface area contributed by atoms with Crippen LogP contribution in [0.3, 0.4) is 0 Å². The van der Waals surface area contributed by atoms with E-state index in [1.807, 2.05) is 30.3 Å². The number of rotatable bonds is 17. The topological polar surface area (TPSA) is 84.5 Å². The average Bonchev–Trinajstić information content (AvgIpc) is 2.79. The van der Waals surface area contributed by atoms with Crippen molar-refractivity contribution in [3.05, 3.63) is 35.9 Å². The Balaban J connectivity index is 2.40. The van der Waals surface area contributed by atoms with Gasteiger partial charge in [0, 0.05) is 19.4 Å². The first kappa shape index (κ1) is 26.7. The van der Waals surface area contributed by atoms with Gasteiger partial charge in [-0.15, -0.1) is 0 Å². The van der Waals surface area contributed by atoms with Gasteiger partial charge < -0.3 is 15.4 Å². The van der Waals surface area contributed by atoms with E-state index < -0.39 is 6.04 Å². The summed E-state index contributed by atoms with van der Waals surface area (Å²) in [5.41, 5.74) is 0.776. The van der Waals surface area contributed by atoms with Crippen molar-refractivity contribution in [3.8, 4) is 0 Å². The van der Waals surface area contributed by atoms with Gasteiger partial charge in [0.2, 0.25) is 11.8 Å². The van der Waals surface area contributed by atoms with Gasteiger partial charge in [0.1, 0.15) is 6.04 Å². The first-order valence-corrected chi connectivity index (χ1v) is 11.8. The summed E-state index contributed by atoms with van der Waals surface area (Å²) >= 11 is 0. The third kappa shape index (κ3) is 12.8. The molecule has 1 aromatic carbocycles. The molecule has 0 heterocycles. The van der Waals surface area contributed by atoms with E-state index >= 15 is 0 Å². The second kappa shape index (κ2) is 17.3. The summed E-state index contributed by atoms with van der Waals surface area (Å²) in [6, 6.07) is 8.65. The molecule has 0 fully saturated rings. The van der Waals surface area contributed by atoms with Gasteiger partial charge in [-0.2, -0.15) is 0 Å². The van der Waals surface area contributed by atoms with E-state index in [2.05, 4.69) is 22.3 Å². The summed E-state index contributed by atoms with van der Waals surface area (Å²) in [5, 5.41) is 5.82. The minimum absolute atomic E-state index is 0.0874. The van der Waals surface area contributed by atoms with E-state index in [0.29, 0.717) is 19.4 Å². The second-order valence-electron chi connectivity index (χ2n) is 7.96. The zero-order valence-electron chi connectivity index (χ0n) is 19.3. The van der Waals surface area contributed by atoms with Crippen molar-refractivity contribution >= 4 is 17.8 Å². The minimum atomic E-state index is -0.687. The number of carbonyl (C=O) groups excluding carboxylic acids is 3. The lowest BCUT2D eigenvalue weighted by atomic mass is 10.0. The fourth-order valence-electron chi connectivity index (χ4n) is 3.41. The molecule has 6 heteroatoms. The van der Waals surface area contributed by atoms with Crippen LogP contribution >= 0.6 is 0 Å². The lowest BCUT2D eigenvalue weighted by molar-refractivity contribution is -0.140. The van der Waals surface area contributed by atoms with Crippen molar-refractivity contribution < 1.29 is 19.1 Å². The highest BCUT2D eigenvalue weighted by atomic mass is 16.5. The second-order valence-corrected chi connectivity index (χ2v) is 7.96. The molecule has 0 saturated heterocycles. The molecule has 0 bridgehead atoms. The predicted molar refractivity (Wildman–Crippen MR) is 123 cm³/mol. The summed E-state index contributed by atoms with van der Waals surface area (Å²) in [6.07, 6.45) is 11.2. The molecule has 1 aromatic rings.